The summed E-state index contributed by atoms with van der Waals surface area (Å²) in [5.41, 5.74) is 1.19. The van der Waals surface area contributed by atoms with Gasteiger partial charge in [-0.25, -0.2) is 4.79 Å². The highest BCUT2D eigenvalue weighted by Crippen LogP contribution is 2.21. The lowest BCUT2D eigenvalue weighted by Gasteiger charge is -2.28. The van der Waals surface area contributed by atoms with Gasteiger partial charge in [0.25, 0.3) is 0 Å². The number of para-hydroxylation sites is 1. The fraction of sp³-hybridized carbons (Fsp3) is 0.675. The van der Waals surface area contributed by atoms with Gasteiger partial charge in [-0.05, 0) is 119 Å². The smallest absolute Gasteiger partial charge is 0.328 e. The van der Waals surface area contributed by atoms with Gasteiger partial charge in [0, 0.05) is 41.4 Å². The number of H-pyrrole nitrogens is 1. The molecule has 1 aliphatic rings. The molecule has 118 heavy (non-hydrogen) atoms. The number of aliphatic hydroxyl groups is 3. The number of aliphatic carboxylic acids is 2. The fourth-order valence-electron chi connectivity index (χ4n) is 12.5. The maximum atomic E-state index is 14.6. The van der Waals surface area contributed by atoms with E-state index in [1.54, 1.807) is 99.7 Å². The van der Waals surface area contributed by atoms with Crippen LogP contribution in [0.15, 0.2) is 30.5 Å². The number of aromatic amines is 1. The molecule has 0 aliphatic carbocycles. The van der Waals surface area contributed by atoms with Gasteiger partial charge in [0.1, 0.15) is 78.5 Å². The van der Waals surface area contributed by atoms with E-state index in [0.717, 1.165) is 13.3 Å². The Kier molecular flexibility index (Phi) is 44.2. The van der Waals surface area contributed by atoms with Gasteiger partial charge in [0.2, 0.25) is 88.6 Å². The SMILES string of the molecule is CC(C)C[C@H](NC(=O)[C@H](C)NC(=O)[C@H](CC(C)C)NC(=O)[C@H](CS)NC(=O)[C@H](CC(C)C)NC(=O)[C@@H]1CCCN1)C(=O)N[C@@H](CCC(=O)O)C(=O)N[C@@H](CC(C)C)C(=O)NCC(=O)N[C@@H](Cc1c[nH]c2ccccc12)C(=O)N[C@H](C(=O)N[C@@H](CS)C(=O)N[C@@H](CC(C)C)C(=O)N[C@@H](CO)C(=O)N[C@@H](CO)C(=O)N[C@H](C(=O)O)[C@@H](C)O)C(C)C. The summed E-state index contributed by atoms with van der Waals surface area (Å²) >= 11 is 8.58. The number of hydrogen-bond acceptors (Lipinski definition) is 23. The predicted molar refractivity (Wildman–Crippen MR) is 439 cm³/mol. The largest absolute Gasteiger partial charge is 0.481 e. The number of thiol groups is 2. The lowest BCUT2D eigenvalue weighted by Crippen LogP contribution is -2.62. The van der Waals surface area contributed by atoms with Gasteiger partial charge in [0.15, 0.2) is 6.04 Å². The maximum Gasteiger partial charge on any atom is 0.328 e. The summed E-state index contributed by atoms with van der Waals surface area (Å²) in [4.78, 5) is 235. The van der Waals surface area contributed by atoms with Crippen LogP contribution in [-0.4, -0.2) is 266 Å². The first-order valence-electron chi connectivity index (χ1n) is 39.7. The normalized spacial score (nSPS) is 16.6. The first kappa shape index (κ1) is 102. The van der Waals surface area contributed by atoms with E-state index in [-0.39, 0.29) is 79.8 Å². The number of rotatable bonds is 52. The second kappa shape index (κ2) is 50.9. The summed E-state index contributed by atoms with van der Waals surface area (Å²) in [6, 6.07) is -14.2. The number of carboxylic acids is 2. The summed E-state index contributed by atoms with van der Waals surface area (Å²) in [5.74, 6) is -19.1. The molecule has 0 saturated carbocycles. The molecule has 41 heteroatoms. The van der Waals surface area contributed by atoms with Crippen LogP contribution in [0.1, 0.15) is 160 Å². The lowest BCUT2D eigenvalue weighted by atomic mass is 10.00. The van der Waals surface area contributed by atoms with E-state index >= 15 is 0 Å². The average Bonchev–Trinajstić information content (AvgIpc) is 1.49. The molecule has 1 aliphatic heterocycles. The van der Waals surface area contributed by atoms with E-state index < -0.39 is 236 Å². The quantitative estimate of drug-likeness (QED) is 0.0285. The van der Waals surface area contributed by atoms with E-state index in [4.69, 9.17) is 0 Å². The zero-order chi connectivity index (χ0) is 89.1. The molecule has 39 nitrogen and oxygen atoms in total. The molecule has 2 aromatic rings. The summed E-state index contributed by atoms with van der Waals surface area (Å²) in [7, 11) is 0. The third kappa shape index (κ3) is 35.1. The Morgan fingerprint density at radius 3 is 1.25 bits per heavy atom. The molecule has 16 atom stereocenters. The van der Waals surface area contributed by atoms with E-state index in [9.17, 15) is 107 Å². The van der Waals surface area contributed by atoms with Crippen LogP contribution >= 0.6 is 25.3 Å². The maximum absolute atomic E-state index is 14.6. The van der Waals surface area contributed by atoms with Crippen molar-refractivity contribution in [3.63, 3.8) is 0 Å². The minimum absolute atomic E-state index is 0.0247. The molecule has 0 radical (unpaired) electrons. The highest BCUT2D eigenvalue weighted by Gasteiger charge is 2.39. The number of hydrogen-bond donors (Lipinski definition) is 24. The van der Waals surface area contributed by atoms with Crippen molar-refractivity contribution in [2.45, 2.75) is 258 Å². The van der Waals surface area contributed by atoms with Crippen LogP contribution in [0.25, 0.3) is 10.9 Å². The number of carbonyl (C=O) groups excluding carboxylic acids is 15. The second-order valence-corrected chi connectivity index (χ2v) is 32.7. The Hall–Kier alpha value is -9.71. The number of aromatic nitrogens is 1. The second-order valence-electron chi connectivity index (χ2n) is 32.0. The van der Waals surface area contributed by atoms with Crippen LogP contribution in [0.3, 0.4) is 0 Å². The molecule has 1 aromatic heterocycles. The Morgan fingerprint density at radius 2 is 0.814 bits per heavy atom. The van der Waals surface area contributed by atoms with Crippen LogP contribution in [0.4, 0.5) is 0 Å². The Bertz CT molecular complexity index is 3760. The van der Waals surface area contributed by atoms with Crippen molar-refractivity contribution < 1.29 is 107 Å². The summed E-state index contributed by atoms with van der Waals surface area (Å²) in [5, 5.41) is 90.2. The van der Waals surface area contributed by atoms with E-state index in [0.29, 0.717) is 29.4 Å². The van der Waals surface area contributed by atoms with Crippen molar-refractivity contribution in [3.05, 3.63) is 36.0 Å². The molecule has 22 N–H and O–H groups in total. The monoisotopic (exact) mass is 1700 g/mol. The fourth-order valence-corrected chi connectivity index (χ4v) is 13.1. The summed E-state index contributed by atoms with van der Waals surface area (Å²) in [6.45, 7) is 20.8. The molecule has 1 aromatic carbocycles. The molecule has 2 heterocycles. The molecule has 662 valence electrons. The van der Waals surface area contributed by atoms with Crippen LogP contribution in [0.5, 0.6) is 0 Å². The van der Waals surface area contributed by atoms with E-state index in [1.165, 1.54) is 6.92 Å². The minimum atomic E-state index is -1.84. The van der Waals surface area contributed by atoms with Crippen molar-refractivity contribution in [2.24, 2.45) is 35.5 Å². The molecule has 0 unspecified atom stereocenters. The summed E-state index contributed by atoms with van der Waals surface area (Å²) < 4.78 is 0. The molecule has 1 saturated heterocycles. The summed E-state index contributed by atoms with van der Waals surface area (Å²) in [6.07, 6.45) is 0.0987. The molecule has 3 rings (SSSR count). The van der Waals surface area contributed by atoms with Crippen LogP contribution in [0.2, 0.25) is 0 Å². The van der Waals surface area contributed by atoms with Gasteiger partial charge in [-0.1, -0.05) is 101 Å². The number of carbonyl (C=O) groups is 17. The molecule has 0 spiro atoms. The van der Waals surface area contributed by atoms with Gasteiger partial charge >= 0.3 is 11.9 Å². The number of nitrogens with one attached hydrogen (secondary N) is 17. The van der Waals surface area contributed by atoms with Gasteiger partial charge in [-0.2, -0.15) is 25.3 Å². The third-order valence-electron chi connectivity index (χ3n) is 18.8. The van der Waals surface area contributed by atoms with Crippen molar-refractivity contribution in [1.29, 1.82) is 0 Å². The number of carboxylic acid groups (broad SMARTS) is 2. The third-order valence-corrected chi connectivity index (χ3v) is 19.6. The van der Waals surface area contributed by atoms with Gasteiger partial charge in [0.05, 0.1) is 31.9 Å². The number of aliphatic hydroxyl groups excluding tert-OH is 3. The first-order chi connectivity index (χ1) is 55.3. The van der Waals surface area contributed by atoms with Gasteiger partial charge < -0.3 is 116 Å². The zero-order valence-corrected chi connectivity index (χ0v) is 71.3. The average molecular weight is 1710 g/mol. The van der Waals surface area contributed by atoms with Crippen LogP contribution in [0, 0.1) is 35.5 Å². The molecular formula is C77H125N17O22S2. The van der Waals surface area contributed by atoms with Gasteiger partial charge in [-0.15, -0.1) is 0 Å². The number of benzene rings is 1. The molecule has 0 bridgehead atoms. The van der Waals surface area contributed by atoms with E-state index in [1.807, 2.05) is 19.2 Å². The minimum Gasteiger partial charge on any atom is -0.481 e. The standard InChI is InChI=1S/C77H125N17O22S2/c1-36(2)24-49(85-66(104)48(21-22-60(99)100)83-68(106)51(26-38(5)6)84-63(101)42(13)81-67(105)50(25-37(3)4)87-74(112)57(34-117)91-70(108)53(28-40(9)10)86-65(103)47-20-17-23-78-47)64(102)80-31-59(98)82-54(29-44-30-79-46-19-16-15-18-45(44)46)71(109)93-61(41(11)12)76(114)92-58(35-118)75(113)88-52(27-39(7)8)69(107)89-55(32-95)72(110)90-56(33-96)73(111)94-62(43(14)97)77(115)116/h15-16,18-19,30,36-43,47-58,61-62,78-79,95-97,117-118H,17,20-29,31-35H2,1-14H3,(H,80,102)(H,81,105)(H,82,98)(H,83,106)(H,84,101)(H,85,104)(H,86,103)(H,87,112)(H,88,113)(H,89,107)(H,90,110)(H,91,108)(H,92,114)(H,93,109)(H,94,111)(H,99,100)(H,115,116)/t42-,43+,47-,48-,49-,50-,51-,52-,53-,54-,55-,56-,57-,58-,61-,62-/m0/s1. The highest BCUT2D eigenvalue weighted by atomic mass is 32.1. The molecule has 15 amide bonds. The highest BCUT2D eigenvalue weighted by molar-refractivity contribution is 7.80. The van der Waals surface area contributed by atoms with Crippen molar-refractivity contribution in [1.82, 2.24) is 90.1 Å². The molecule has 1 fully saturated rings. The topological polar surface area (TPSA) is 600 Å². The predicted octanol–water partition coefficient (Wildman–Crippen LogP) is -3.55. The van der Waals surface area contributed by atoms with Crippen molar-refractivity contribution in [2.75, 3.05) is 37.8 Å². The van der Waals surface area contributed by atoms with Crippen LogP contribution in [-0.2, 0) is 87.9 Å². The van der Waals surface area contributed by atoms with Crippen LogP contribution < -0.4 is 85.1 Å². The number of amides is 15. The van der Waals surface area contributed by atoms with E-state index in [2.05, 4.69) is 110 Å². The zero-order valence-electron chi connectivity index (χ0n) is 69.5. The molecular weight excluding hydrogens is 1580 g/mol. The Balaban J connectivity index is 1.82. The lowest BCUT2D eigenvalue weighted by molar-refractivity contribution is -0.145. The van der Waals surface area contributed by atoms with Gasteiger partial charge in [-0.3, -0.25) is 76.7 Å². The Labute approximate surface area is 697 Å². The van der Waals surface area contributed by atoms with Crippen molar-refractivity contribution >= 4 is 137 Å². The van der Waals surface area contributed by atoms with Crippen molar-refractivity contribution in [3.8, 4) is 0 Å². The first-order valence-corrected chi connectivity index (χ1v) is 41.0. The number of fused-ring (bicyclic) bond motifs is 1. The Morgan fingerprint density at radius 1 is 0.432 bits per heavy atom.